The van der Waals surface area contributed by atoms with E-state index in [0.29, 0.717) is 6.04 Å². The summed E-state index contributed by atoms with van der Waals surface area (Å²) in [5.41, 5.74) is 3.74. The molecular formula is C14H20N4S. The number of aromatic amines is 1. The number of nitrogens with zero attached hydrogens (tertiary/aromatic N) is 2. The van der Waals surface area contributed by atoms with Crippen LogP contribution in [0.15, 0.2) is 23.0 Å². The van der Waals surface area contributed by atoms with Crippen molar-refractivity contribution >= 4 is 11.3 Å². The summed E-state index contributed by atoms with van der Waals surface area (Å²) < 4.78 is 0. The summed E-state index contributed by atoms with van der Waals surface area (Å²) in [6.07, 6.45) is 4.58. The van der Waals surface area contributed by atoms with Crippen LogP contribution in [0.2, 0.25) is 0 Å². The number of rotatable bonds is 5. The SMILES string of the molecule is CNCC1CCCN1Cc1cn[nH]c1-c1ccsc1. The molecular weight excluding hydrogens is 256 g/mol. The van der Waals surface area contributed by atoms with Crippen LogP contribution in [0.3, 0.4) is 0 Å². The van der Waals surface area contributed by atoms with E-state index in [4.69, 9.17) is 0 Å². The second-order valence-corrected chi connectivity index (χ2v) is 5.89. The number of aromatic nitrogens is 2. The fourth-order valence-electron chi connectivity index (χ4n) is 2.88. The van der Waals surface area contributed by atoms with Crippen LogP contribution in [0, 0.1) is 0 Å². The molecule has 0 spiro atoms. The summed E-state index contributed by atoms with van der Waals surface area (Å²) >= 11 is 1.73. The van der Waals surface area contributed by atoms with Crippen molar-refractivity contribution in [2.75, 3.05) is 20.1 Å². The fourth-order valence-corrected chi connectivity index (χ4v) is 3.52. The van der Waals surface area contributed by atoms with Crippen LogP contribution in [0.25, 0.3) is 11.3 Å². The summed E-state index contributed by atoms with van der Waals surface area (Å²) in [7, 11) is 2.03. The van der Waals surface area contributed by atoms with Gasteiger partial charge in [-0.1, -0.05) is 0 Å². The maximum Gasteiger partial charge on any atom is 0.0703 e. The van der Waals surface area contributed by atoms with E-state index in [0.717, 1.165) is 13.1 Å². The van der Waals surface area contributed by atoms with Crippen LogP contribution in [-0.4, -0.2) is 41.3 Å². The Labute approximate surface area is 117 Å². The molecule has 2 aromatic rings. The van der Waals surface area contributed by atoms with Gasteiger partial charge in [-0.3, -0.25) is 10.00 Å². The van der Waals surface area contributed by atoms with Gasteiger partial charge >= 0.3 is 0 Å². The zero-order valence-corrected chi connectivity index (χ0v) is 12.0. The summed E-state index contributed by atoms with van der Waals surface area (Å²) in [6.45, 7) is 3.26. The van der Waals surface area contributed by atoms with Gasteiger partial charge in [-0.15, -0.1) is 0 Å². The molecule has 1 aliphatic heterocycles. The largest absolute Gasteiger partial charge is 0.318 e. The Morgan fingerprint density at radius 2 is 2.53 bits per heavy atom. The lowest BCUT2D eigenvalue weighted by atomic mass is 10.1. The van der Waals surface area contributed by atoms with E-state index in [-0.39, 0.29) is 0 Å². The van der Waals surface area contributed by atoms with E-state index in [9.17, 15) is 0 Å². The summed E-state index contributed by atoms with van der Waals surface area (Å²) in [6, 6.07) is 2.81. The average molecular weight is 276 g/mol. The van der Waals surface area contributed by atoms with Crippen LogP contribution in [0.5, 0.6) is 0 Å². The number of hydrogen-bond donors (Lipinski definition) is 2. The van der Waals surface area contributed by atoms with Crippen molar-refractivity contribution in [3.8, 4) is 11.3 Å². The molecule has 4 nitrogen and oxygen atoms in total. The third-order valence-corrected chi connectivity index (χ3v) is 4.52. The second-order valence-electron chi connectivity index (χ2n) is 5.11. The first-order valence-corrected chi connectivity index (χ1v) is 7.76. The molecule has 5 heteroatoms. The minimum atomic E-state index is 0.662. The van der Waals surface area contributed by atoms with Crippen molar-refractivity contribution in [1.29, 1.82) is 0 Å². The zero-order valence-electron chi connectivity index (χ0n) is 11.2. The van der Waals surface area contributed by atoms with Crippen molar-refractivity contribution in [3.63, 3.8) is 0 Å². The number of nitrogens with one attached hydrogen (secondary N) is 2. The van der Waals surface area contributed by atoms with Crippen molar-refractivity contribution in [2.24, 2.45) is 0 Å². The molecule has 0 saturated carbocycles. The molecule has 0 aliphatic carbocycles. The number of thiophene rings is 1. The van der Waals surface area contributed by atoms with Gasteiger partial charge in [-0.05, 0) is 37.9 Å². The molecule has 0 amide bonds. The molecule has 0 bridgehead atoms. The quantitative estimate of drug-likeness (QED) is 0.881. The molecule has 2 aromatic heterocycles. The van der Waals surface area contributed by atoms with Crippen LogP contribution in [-0.2, 0) is 6.54 Å². The lowest BCUT2D eigenvalue weighted by molar-refractivity contribution is 0.242. The Morgan fingerprint density at radius 3 is 3.32 bits per heavy atom. The predicted octanol–water partition coefficient (Wildman–Crippen LogP) is 2.32. The monoisotopic (exact) mass is 276 g/mol. The lowest BCUT2D eigenvalue weighted by Crippen LogP contribution is -2.36. The second kappa shape index (κ2) is 5.86. The van der Waals surface area contributed by atoms with Gasteiger partial charge in [-0.2, -0.15) is 16.4 Å². The van der Waals surface area contributed by atoms with Crippen LogP contribution < -0.4 is 5.32 Å². The maximum atomic E-state index is 4.23. The molecule has 2 N–H and O–H groups in total. The predicted molar refractivity (Wildman–Crippen MR) is 79.3 cm³/mol. The fraction of sp³-hybridized carbons (Fsp3) is 0.500. The van der Waals surface area contributed by atoms with E-state index < -0.39 is 0 Å². The van der Waals surface area contributed by atoms with Gasteiger partial charge in [0, 0.05) is 35.6 Å². The summed E-state index contributed by atoms with van der Waals surface area (Å²) in [4.78, 5) is 2.57. The van der Waals surface area contributed by atoms with Gasteiger partial charge in [0.15, 0.2) is 0 Å². The summed E-state index contributed by atoms with van der Waals surface area (Å²) in [5, 5.41) is 15.0. The molecule has 3 heterocycles. The first kappa shape index (κ1) is 12.8. The van der Waals surface area contributed by atoms with Crippen molar-refractivity contribution in [3.05, 3.63) is 28.6 Å². The average Bonchev–Trinajstić information content (AvgIpc) is 3.12. The van der Waals surface area contributed by atoms with E-state index in [1.54, 1.807) is 11.3 Å². The third-order valence-electron chi connectivity index (χ3n) is 3.84. The van der Waals surface area contributed by atoms with Crippen LogP contribution in [0.4, 0.5) is 0 Å². The van der Waals surface area contributed by atoms with Gasteiger partial charge in [0.05, 0.1) is 11.9 Å². The highest BCUT2D eigenvalue weighted by molar-refractivity contribution is 7.08. The van der Waals surface area contributed by atoms with Gasteiger partial charge in [0.25, 0.3) is 0 Å². The van der Waals surface area contributed by atoms with E-state index in [2.05, 4.69) is 37.2 Å². The van der Waals surface area contributed by atoms with Gasteiger partial charge in [-0.25, -0.2) is 0 Å². The smallest absolute Gasteiger partial charge is 0.0703 e. The Bertz CT molecular complexity index is 505. The van der Waals surface area contributed by atoms with E-state index >= 15 is 0 Å². The normalized spacial score (nSPS) is 20.2. The number of likely N-dealkylation sites (N-methyl/N-ethyl adjacent to an activating group) is 1. The third kappa shape index (κ3) is 2.73. The van der Waals surface area contributed by atoms with Crippen LogP contribution in [0.1, 0.15) is 18.4 Å². The highest BCUT2D eigenvalue weighted by Gasteiger charge is 2.24. The van der Waals surface area contributed by atoms with Gasteiger partial charge < -0.3 is 5.32 Å². The highest BCUT2D eigenvalue weighted by atomic mass is 32.1. The number of H-pyrrole nitrogens is 1. The lowest BCUT2D eigenvalue weighted by Gasteiger charge is -2.24. The molecule has 102 valence electrons. The minimum absolute atomic E-state index is 0.662. The molecule has 0 aromatic carbocycles. The molecule has 19 heavy (non-hydrogen) atoms. The van der Waals surface area contributed by atoms with E-state index in [1.165, 1.54) is 36.2 Å². The van der Waals surface area contributed by atoms with E-state index in [1.807, 2.05) is 13.2 Å². The highest BCUT2D eigenvalue weighted by Crippen LogP contribution is 2.27. The molecule has 1 unspecified atom stereocenters. The first-order valence-electron chi connectivity index (χ1n) is 6.82. The van der Waals surface area contributed by atoms with Gasteiger partial charge in [0.2, 0.25) is 0 Å². The van der Waals surface area contributed by atoms with Crippen LogP contribution >= 0.6 is 11.3 Å². The van der Waals surface area contributed by atoms with Gasteiger partial charge in [0.1, 0.15) is 0 Å². The molecule has 3 rings (SSSR count). The maximum absolute atomic E-state index is 4.23. The molecule has 1 aliphatic rings. The minimum Gasteiger partial charge on any atom is -0.318 e. The molecule has 1 saturated heterocycles. The molecule has 0 radical (unpaired) electrons. The Kier molecular flexibility index (Phi) is 3.96. The van der Waals surface area contributed by atoms with Crippen molar-refractivity contribution in [2.45, 2.75) is 25.4 Å². The first-order chi connectivity index (χ1) is 9.38. The molecule has 1 atom stereocenters. The summed E-state index contributed by atoms with van der Waals surface area (Å²) in [5.74, 6) is 0. The van der Waals surface area contributed by atoms with Crippen molar-refractivity contribution < 1.29 is 0 Å². The Balaban J connectivity index is 1.75. The number of likely N-dealkylation sites (tertiary alicyclic amines) is 1. The standard InChI is InChI=1S/C14H20N4S/c1-15-8-13-3-2-5-18(13)9-12-7-16-17-14(12)11-4-6-19-10-11/h4,6-7,10,13,15H,2-3,5,8-9H2,1H3,(H,16,17). The number of hydrogen-bond acceptors (Lipinski definition) is 4. The Morgan fingerprint density at radius 1 is 1.58 bits per heavy atom. The Hall–Kier alpha value is -1.17. The zero-order chi connectivity index (χ0) is 13.1. The topological polar surface area (TPSA) is 44.0 Å². The molecule has 1 fully saturated rings. The van der Waals surface area contributed by atoms with Crippen molar-refractivity contribution in [1.82, 2.24) is 20.4 Å².